The van der Waals surface area contributed by atoms with Crippen molar-refractivity contribution in [2.24, 2.45) is 5.41 Å². The van der Waals surface area contributed by atoms with Gasteiger partial charge >= 0.3 is 0 Å². The summed E-state index contributed by atoms with van der Waals surface area (Å²) in [5.74, 6) is 0. The Morgan fingerprint density at radius 1 is 1.37 bits per heavy atom. The van der Waals surface area contributed by atoms with Crippen LogP contribution in [-0.4, -0.2) is 17.5 Å². The minimum Gasteiger partial charge on any atom is -0.314 e. The summed E-state index contributed by atoms with van der Waals surface area (Å²) in [5.41, 5.74) is 1.82. The molecule has 0 saturated heterocycles. The summed E-state index contributed by atoms with van der Waals surface area (Å²) < 4.78 is 0. The highest BCUT2D eigenvalue weighted by Gasteiger charge is 2.46. The number of hydrogen-bond acceptors (Lipinski definition) is 3. The molecule has 1 unspecified atom stereocenters. The van der Waals surface area contributed by atoms with E-state index in [-0.39, 0.29) is 10.6 Å². The first-order valence-corrected chi connectivity index (χ1v) is 7.04. The van der Waals surface area contributed by atoms with Gasteiger partial charge in [0.15, 0.2) is 0 Å². The summed E-state index contributed by atoms with van der Waals surface area (Å²) in [7, 11) is 0. The smallest absolute Gasteiger partial charge is 0.269 e. The van der Waals surface area contributed by atoms with E-state index in [9.17, 15) is 10.1 Å². The first kappa shape index (κ1) is 14.0. The molecule has 104 valence electrons. The Labute approximate surface area is 114 Å². The molecule has 1 saturated carbocycles. The van der Waals surface area contributed by atoms with Crippen LogP contribution in [0.4, 0.5) is 5.69 Å². The van der Waals surface area contributed by atoms with Crippen LogP contribution in [-0.2, 0) is 6.42 Å². The molecule has 0 spiro atoms. The highest BCUT2D eigenvalue weighted by atomic mass is 16.6. The molecule has 19 heavy (non-hydrogen) atoms. The van der Waals surface area contributed by atoms with E-state index >= 15 is 0 Å². The first-order valence-electron chi connectivity index (χ1n) is 7.04. The van der Waals surface area contributed by atoms with E-state index in [0.29, 0.717) is 11.5 Å². The molecule has 1 aliphatic carbocycles. The van der Waals surface area contributed by atoms with Gasteiger partial charge in [0.2, 0.25) is 0 Å². The largest absolute Gasteiger partial charge is 0.314 e. The Hall–Kier alpha value is -1.42. The molecule has 0 heterocycles. The standard InChI is InChI=1S/C15H22N2O2/c1-3-16-12(2)15(10-11-15)9-8-13-4-6-14(7-5-13)17(18)19/h4-7,12,16H,3,8-11H2,1-2H3. The molecular formula is C15H22N2O2. The van der Waals surface area contributed by atoms with E-state index in [4.69, 9.17) is 0 Å². The van der Waals surface area contributed by atoms with Crippen LogP contribution < -0.4 is 5.32 Å². The van der Waals surface area contributed by atoms with Gasteiger partial charge in [-0.05, 0) is 50.1 Å². The van der Waals surface area contributed by atoms with Crippen LogP contribution in [0.15, 0.2) is 24.3 Å². The second kappa shape index (κ2) is 5.70. The molecule has 0 aromatic heterocycles. The van der Waals surface area contributed by atoms with Crippen LogP contribution in [0, 0.1) is 15.5 Å². The molecule has 1 N–H and O–H groups in total. The molecule has 1 atom stereocenters. The van der Waals surface area contributed by atoms with Crippen LogP contribution in [0.5, 0.6) is 0 Å². The van der Waals surface area contributed by atoms with Gasteiger partial charge in [0.25, 0.3) is 5.69 Å². The Morgan fingerprint density at radius 2 is 2.00 bits per heavy atom. The summed E-state index contributed by atoms with van der Waals surface area (Å²) in [4.78, 5) is 10.3. The van der Waals surface area contributed by atoms with Crippen molar-refractivity contribution in [1.29, 1.82) is 0 Å². The third kappa shape index (κ3) is 3.32. The molecule has 0 bridgehead atoms. The van der Waals surface area contributed by atoms with E-state index < -0.39 is 0 Å². The van der Waals surface area contributed by atoms with E-state index in [1.54, 1.807) is 12.1 Å². The van der Waals surface area contributed by atoms with Gasteiger partial charge in [-0.1, -0.05) is 19.1 Å². The van der Waals surface area contributed by atoms with E-state index in [2.05, 4.69) is 19.2 Å². The number of nitro groups is 1. The Morgan fingerprint density at radius 3 is 2.47 bits per heavy atom. The third-order valence-corrected chi connectivity index (χ3v) is 4.38. The van der Waals surface area contributed by atoms with E-state index in [1.807, 2.05) is 12.1 Å². The maximum Gasteiger partial charge on any atom is 0.269 e. The number of aryl methyl sites for hydroxylation is 1. The maximum absolute atomic E-state index is 10.6. The summed E-state index contributed by atoms with van der Waals surface area (Å²) in [6.07, 6.45) is 4.77. The number of non-ortho nitro benzene ring substituents is 1. The lowest BCUT2D eigenvalue weighted by molar-refractivity contribution is -0.384. The van der Waals surface area contributed by atoms with Gasteiger partial charge in [-0.3, -0.25) is 10.1 Å². The summed E-state index contributed by atoms with van der Waals surface area (Å²) in [6, 6.07) is 7.53. The highest BCUT2D eigenvalue weighted by molar-refractivity contribution is 5.33. The molecule has 1 aromatic rings. The summed E-state index contributed by atoms with van der Waals surface area (Å²) in [5, 5.41) is 14.1. The van der Waals surface area contributed by atoms with Gasteiger partial charge in [0, 0.05) is 18.2 Å². The van der Waals surface area contributed by atoms with Crippen molar-refractivity contribution in [3.8, 4) is 0 Å². The van der Waals surface area contributed by atoms with Crippen LogP contribution in [0.1, 0.15) is 38.7 Å². The Kier molecular flexibility index (Phi) is 4.20. The number of benzene rings is 1. The second-order valence-electron chi connectivity index (χ2n) is 5.57. The number of rotatable bonds is 7. The lowest BCUT2D eigenvalue weighted by Gasteiger charge is -2.24. The van der Waals surface area contributed by atoms with Gasteiger partial charge in [-0.2, -0.15) is 0 Å². The Balaban J connectivity index is 1.90. The fourth-order valence-corrected chi connectivity index (χ4v) is 2.76. The number of nitrogens with zero attached hydrogens (tertiary/aromatic N) is 1. The molecule has 4 heteroatoms. The lowest BCUT2D eigenvalue weighted by atomic mass is 9.90. The van der Waals surface area contributed by atoms with Gasteiger partial charge in [-0.15, -0.1) is 0 Å². The van der Waals surface area contributed by atoms with Crippen molar-refractivity contribution in [1.82, 2.24) is 5.32 Å². The van der Waals surface area contributed by atoms with Crippen LogP contribution in [0.2, 0.25) is 0 Å². The summed E-state index contributed by atoms with van der Waals surface area (Å²) >= 11 is 0. The monoisotopic (exact) mass is 262 g/mol. The minimum absolute atomic E-state index is 0.172. The zero-order valence-electron chi connectivity index (χ0n) is 11.7. The number of nitro benzene ring substituents is 1. The molecule has 0 radical (unpaired) electrons. The van der Waals surface area contributed by atoms with E-state index in [1.165, 1.54) is 24.8 Å². The van der Waals surface area contributed by atoms with Gasteiger partial charge < -0.3 is 5.32 Å². The molecule has 2 rings (SSSR count). The molecule has 1 aliphatic rings. The van der Waals surface area contributed by atoms with Crippen LogP contribution in [0.3, 0.4) is 0 Å². The quantitative estimate of drug-likeness (QED) is 0.606. The highest BCUT2D eigenvalue weighted by Crippen LogP contribution is 2.52. The molecule has 1 fully saturated rings. The Bertz CT molecular complexity index is 438. The maximum atomic E-state index is 10.6. The van der Waals surface area contributed by atoms with Crippen molar-refractivity contribution in [3.05, 3.63) is 39.9 Å². The van der Waals surface area contributed by atoms with Crippen molar-refractivity contribution in [2.75, 3.05) is 6.54 Å². The molecular weight excluding hydrogens is 240 g/mol. The topological polar surface area (TPSA) is 55.2 Å². The van der Waals surface area contributed by atoms with Crippen molar-refractivity contribution < 1.29 is 4.92 Å². The zero-order valence-corrected chi connectivity index (χ0v) is 11.7. The molecule has 0 amide bonds. The third-order valence-electron chi connectivity index (χ3n) is 4.38. The summed E-state index contributed by atoms with van der Waals surface area (Å²) in [6.45, 7) is 5.43. The predicted molar refractivity (Wildman–Crippen MR) is 76.2 cm³/mol. The van der Waals surface area contributed by atoms with Crippen molar-refractivity contribution >= 4 is 5.69 Å². The van der Waals surface area contributed by atoms with Gasteiger partial charge in [0.1, 0.15) is 0 Å². The average Bonchev–Trinajstić information content (AvgIpc) is 3.18. The van der Waals surface area contributed by atoms with Crippen LogP contribution >= 0.6 is 0 Å². The number of hydrogen-bond donors (Lipinski definition) is 1. The van der Waals surface area contributed by atoms with Crippen molar-refractivity contribution in [3.63, 3.8) is 0 Å². The normalized spacial score (nSPS) is 18.0. The van der Waals surface area contributed by atoms with Crippen molar-refractivity contribution in [2.45, 2.75) is 45.6 Å². The molecule has 4 nitrogen and oxygen atoms in total. The molecule has 1 aromatic carbocycles. The zero-order chi connectivity index (χ0) is 13.9. The van der Waals surface area contributed by atoms with Gasteiger partial charge in [0.05, 0.1) is 4.92 Å². The fraction of sp³-hybridized carbons (Fsp3) is 0.600. The van der Waals surface area contributed by atoms with Gasteiger partial charge in [-0.25, -0.2) is 0 Å². The van der Waals surface area contributed by atoms with E-state index in [0.717, 1.165) is 13.0 Å². The molecule has 0 aliphatic heterocycles. The SMILES string of the molecule is CCNC(C)C1(CCc2ccc([N+](=O)[O-])cc2)CC1. The first-order chi connectivity index (χ1) is 9.07. The predicted octanol–water partition coefficient (Wildman–Crippen LogP) is 3.31. The minimum atomic E-state index is -0.348. The average molecular weight is 262 g/mol. The fourth-order valence-electron chi connectivity index (χ4n) is 2.76. The lowest BCUT2D eigenvalue weighted by Crippen LogP contribution is -2.35. The second-order valence-corrected chi connectivity index (χ2v) is 5.57. The van der Waals surface area contributed by atoms with Crippen LogP contribution in [0.25, 0.3) is 0 Å². The number of nitrogens with one attached hydrogen (secondary N) is 1.